The van der Waals surface area contributed by atoms with Crippen molar-refractivity contribution in [2.45, 2.75) is 64.1 Å². The molecule has 0 amide bonds. The highest BCUT2D eigenvalue weighted by atomic mass is 35.5. The Hall–Kier alpha value is -2.32. The Morgan fingerprint density at radius 3 is 2.70 bits per heavy atom. The van der Waals surface area contributed by atoms with Crippen LogP contribution in [0.15, 0.2) is 42.0 Å². The minimum Gasteiger partial charge on any atom is -0.344 e. The maximum atomic E-state index is 6.49. The van der Waals surface area contributed by atoms with Crippen molar-refractivity contribution in [1.82, 2.24) is 18.9 Å². The summed E-state index contributed by atoms with van der Waals surface area (Å²) in [6.07, 6.45) is 4.78. The Bertz CT molecular complexity index is 1350. The Kier molecular flexibility index (Phi) is 4.89. The maximum absolute atomic E-state index is 6.49. The molecule has 0 N–H and O–H groups in total. The number of ether oxygens (including phenoxy) is 2. The van der Waals surface area contributed by atoms with Gasteiger partial charge in [-0.1, -0.05) is 23.8 Å². The minimum absolute atomic E-state index is 0.0453. The monoisotopic (exact) mass is 480 g/mol. The van der Waals surface area contributed by atoms with Gasteiger partial charge >= 0.3 is 0 Å². The van der Waals surface area contributed by atoms with Crippen LogP contribution < -0.4 is 0 Å². The topological polar surface area (TPSA) is 62.1 Å². The lowest BCUT2D eigenvalue weighted by Crippen LogP contribution is -2.27. The van der Waals surface area contributed by atoms with Gasteiger partial charge < -0.3 is 14.0 Å². The fourth-order valence-electron chi connectivity index (χ4n) is 5.51. The number of halogens is 1. The van der Waals surface area contributed by atoms with Gasteiger partial charge in [0, 0.05) is 34.6 Å². The molecule has 4 aromatic rings. The van der Waals surface area contributed by atoms with Gasteiger partial charge in [-0.25, -0.2) is 9.36 Å². The van der Waals surface area contributed by atoms with Crippen molar-refractivity contribution in [3.63, 3.8) is 0 Å². The first-order valence-electron chi connectivity index (χ1n) is 11.2. The Labute approximate surface area is 201 Å². The lowest BCUT2D eigenvalue weighted by atomic mass is 9.91. The predicted octanol–water partition coefficient (Wildman–Crippen LogP) is 6.07. The normalized spacial score (nSPS) is 26.2. The molecule has 6 nitrogen and oxygen atoms in total. The molecular weight excluding hydrogens is 456 g/mol. The zero-order valence-electron chi connectivity index (χ0n) is 18.9. The van der Waals surface area contributed by atoms with Gasteiger partial charge in [-0.2, -0.15) is 4.98 Å². The fourth-order valence-corrected chi connectivity index (χ4v) is 6.26. The summed E-state index contributed by atoms with van der Waals surface area (Å²) in [4.78, 5) is 8.88. The van der Waals surface area contributed by atoms with E-state index >= 15 is 0 Å². The van der Waals surface area contributed by atoms with Crippen molar-refractivity contribution in [2.75, 3.05) is 0 Å². The van der Waals surface area contributed by atoms with E-state index in [0.717, 1.165) is 28.7 Å². The van der Waals surface area contributed by atoms with E-state index in [1.807, 2.05) is 27.0 Å². The molecule has 0 spiro atoms. The summed E-state index contributed by atoms with van der Waals surface area (Å²) in [6.45, 7) is 8.10. The van der Waals surface area contributed by atoms with Gasteiger partial charge in [-0.3, -0.25) is 0 Å². The van der Waals surface area contributed by atoms with Crippen molar-refractivity contribution < 1.29 is 9.47 Å². The van der Waals surface area contributed by atoms with Crippen molar-refractivity contribution in [3.8, 4) is 11.1 Å². The van der Waals surface area contributed by atoms with Crippen LogP contribution in [-0.4, -0.2) is 36.9 Å². The number of benzene rings is 1. The molecule has 6 rings (SSSR count). The number of aryl methyl sites for hydroxylation is 2. The largest absolute Gasteiger partial charge is 0.344 e. The van der Waals surface area contributed by atoms with E-state index in [1.165, 1.54) is 28.2 Å². The van der Waals surface area contributed by atoms with Gasteiger partial charge in [0.25, 0.3) is 0 Å². The predicted molar refractivity (Wildman–Crippen MR) is 130 cm³/mol. The second kappa shape index (κ2) is 7.60. The van der Waals surface area contributed by atoms with Crippen LogP contribution in [0.1, 0.15) is 49.0 Å². The number of hydrogen-bond acceptors (Lipinski definition) is 6. The van der Waals surface area contributed by atoms with Crippen LogP contribution >= 0.6 is 23.1 Å². The summed E-state index contributed by atoms with van der Waals surface area (Å²) in [5.41, 5.74) is 6.58. The molecule has 1 aromatic carbocycles. The molecule has 1 aliphatic carbocycles. The lowest BCUT2D eigenvalue weighted by Gasteiger charge is -2.25. The maximum Gasteiger partial charge on any atom is 0.224 e. The second-order valence-electron chi connectivity index (χ2n) is 9.56. The third-order valence-electron chi connectivity index (χ3n) is 6.82. The van der Waals surface area contributed by atoms with Gasteiger partial charge in [-0.15, -0.1) is 0 Å². The van der Waals surface area contributed by atoms with Gasteiger partial charge in [0.2, 0.25) is 5.28 Å². The molecule has 3 aromatic heterocycles. The average Bonchev–Trinajstić information content (AvgIpc) is 3.50. The summed E-state index contributed by atoms with van der Waals surface area (Å²) in [7, 11) is 0. The summed E-state index contributed by atoms with van der Waals surface area (Å²) in [5, 5.41) is 3.37. The van der Waals surface area contributed by atoms with Gasteiger partial charge in [0.15, 0.2) is 5.79 Å². The Morgan fingerprint density at radius 1 is 1.09 bits per heavy atom. The van der Waals surface area contributed by atoms with E-state index in [0.29, 0.717) is 0 Å². The molecule has 33 heavy (non-hydrogen) atoms. The van der Waals surface area contributed by atoms with Crippen LogP contribution in [0.5, 0.6) is 0 Å². The molecular formula is C25H25ClN4O2S. The molecule has 1 saturated heterocycles. The van der Waals surface area contributed by atoms with Crippen LogP contribution in [0.2, 0.25) is 5.28 Å². The second-order valence-corrected chi connectivity index (χ2v) is 10.6. The first-order valence-corrected chi connectivity index (χ1v) is 12.4. The summed E-state index contributed by atoms with van der Waals surface area (Å²) >= 11 is 7.70. The molecule has 1 aliphatic heterocycles. The number of rotatable bonds is 3. The Balaban J connectivity index is 1.44. The molecule has 1 saturated carbocycles. The van der Waals surface area contributed by atoms with Gasteiger partial charge in [0.05, 0.1) is 17.8 Å². The molecule has 2 aliphatic rings. The smallest absolute Gasteiger partial charge is 0.224 e. The highest BCUT2D eigenvalue weighted by Gasteiger charge is 2.55. The molecule has 4 heterocycles. The zero-order valence-corrected chi connectivity index (χ0v) is 20.5. The SMILES string of the molecule is Cc1cc(-c2cnsc2)cc([C@H]2C[C@@H](n3ccc4c(C)nc(Cl)nc43)[C@@H]3OC(C)(C)O[C@@H]32)c1. The first kappa shape index (κ1) is 21.2. The summed E-state index contributed by atoms with van der Waals surface area (Å²) in [6, 6.07) is 8.93. The van der Waals surface area contributed by atoms with E-state index < -0.39 is 5.79 Å². The fraction of sp³-hybridized carbons (Fsp3) is 0.400. The molecule has 0 unspecified atom stereocenters. The molecule has 170 valence electrons. The van der Waals surface area contributed by atoms with Crippen molar-refractivity contribution in [1.29, 1.82) is 0 Å². The first-order chi connectivity index (χ1) is 15.8. The third-order valence-corrected chi connectivity index (χ3v) is 7.58. The number of aromatic nitrogens is 4. The molecule has 0 radical (unpaired) electrons. The lowest BCUT2D eigenvalue weighted by molar-refractivity contribution is -0.157. The van der Waals surface area contributed by atoms with Crippen LogP contribution in [-0.2, 0) is 9.47 Å². The molecule has 2 fully saturated rings. The van der Waals surface area contributed by atoms with Crippen molar-refractivity contribution in [2.24, 2.45) is 0 Å². The number of nitrogens with zero attached hydrogens (tertiary/aromatic N) is 4. The highest BCUT2D eigenvalue weighted by Crippen LogP contribution is 2.52. The van der Waals surface area contributed by atoms with Gasteiger partial charge in [-0.05, 0) is 74.4 Å². The van der Waals surface area contributed by atoms with E-state index in [2.05, 4.69) is 61.7 Å². The van der Waals surface area contributed by atoms with E-state index in [4.69, 9.17) is 21.1 Å². The zero-order chi connectivity index (χ0) is 22.9. The van der Waals surface area contributed by atoms with Crippen LogP contribution in [0.3, 0.4) is 0 Å². The summed E-state index contributed by atoms with van der Waals surface area (Å²) < 4.78 is 19.5. The Morgan fingerprint density at radius 2 is 1.91 bits per heavy atom. The molecule has 0 bridgehead atoms. The van der Waals surface area contributed by atoms with Gasteiger partial charge in [0.1, 0.15) is 11.8 Å². The van der Waals surface area contributed by atoms with E-state index in [9.17, 15) is 0 Å². The number of hydrogen-bond donors (Lipinski definition) is 0. The molecule has 4 atom stereocenters. The summed E-state index contributed by atoms with van der Waals surface area (Å²) in [5.74, 6) is -0.440. The molecule has 8 heteroatoms. The van der Waals surface area contributed by atoms with Crippen LogP contribution in [0.25, 0.3) is 22.2 Å². The van der Waals surface area contributed by atoms with Crippen LogP contribution in [0.4, 0.5) is 0 Å². The quantitative estimate of drug-likeness (QED) is 0.333. The highest BCUT2D eigenvalue weighted by molar-refractivity contribution is 7.03. The van der Waals surface area contributed by atoms with Crippen molar-refractivity contribution in [3.05, 3.63) is 64.1 Å². The van der Waals surface area contributed by atoms with E-state index in [-0.39, 0.29) is 29.5 Å². The van der Waals surface area contributed by atoms with Crippen molar-refractivity contribution >= 4 is 34.2 Å². The average molecular weight is 481 g/mol. The number of fused-ring (bicyclic) bond motifs is 2. The third kappa shape index (κ3) is 3.58. The van der Waals surface area contributed by atoms with E-state index in [1.54, 1.807) is 0 Å². The van der Waals surface area contributed by atoms with Crippen LogP contribution in [0, 0.1) is 13.8 Å². The standard InChI is InChI=1S/C25H25ClN4O2S/c1-13-7-15(17-11-27-33-12-17)9-16(8-13)19-10-20(22-21(19)31-25(3,4)32-22)30-6-5-18-14(2)28-24(26)29-23(18)30/h5-9,11-12,19-22H,10H2,1-4H3/t19-,20-,21-,22+/m1/s1. The minimum atomic E-state index is -0.637.